The van der Waals surface area contributed by atoms with E-state index in [1.165, 1.54) is 0 Å². The SMILES string of the molecule is CN(C(=O)[C@@H]1CCC[C@H]1C(=O)OCc1ccccc1)C1CCN(c2ccc(NC(=O)c3nc(-c4ccccc4)oc3C(F)(F)F)cc2)CC1. The standard InChI is InChI=1S/C37H37F3N4O5/c1-43(35(46)29-13-8-14-30(29)36(47)48-23-24-9-4-2-5-10-24)27-19-21-44(22-20-27)28-17-15-26(16-18-28)41-33(45)31-32(37(38,39)40)49-34(42-31)25-11-6-3-7-12-25/h2-7,9-12,15-18,27,29-30H,8,13-14,19-23H2,1H3,(H,41,45)/t29-,30-/m1/s1. The summed E-state index contributed by atoms with van der Waals surface area (Å²) in [5.74, 6) is -3.95. The summed E-state index contributed by atoms with van der Waals surface area (Å²) in [6.45, 7) is 1.55. The molecular formula is C37H37F3N4O5. The zero-order chi connectivity index (χ0) is 34.5. The second-order valence-electron chi connectivity index (χ2n) is 12.5. The first kappa shape index (κ1) is 33.8. The number of anilines is 2. The molecule has 1 saturated carbocycles. The van der Waals surface area contributed by atoms with Crippen LogP contribution in [-0.4, -0.2) is 53.8 Å². The third kappa shape index (κ3) is 7.79. The zero-order valence-corrected chi connectivity index (χ0v) is 27.0. The minimum Gasteiger partial charge on any atom is -0.461 e. The molecule has 0 unspecified atom stereocenters. The van der Waals surface area contributed by atoms with Crippen LogP contribution in [0.15, 0.2) is 89.3 Å². The molecule has 0 spiro atoms. The van der Waals surface area contributed by atoms with Crippen molar-refractivity contribution in [2.24, 2.45) is 11.8 Å². The van der Waals surface area contributed by atoms with Crippen molar-refractivity contribution in [1.29, 1.82) is 0 Å². The number of hydrogen-bond acceptors (Lipinski definition) is 7. The Morgan fingerprint density at radius 1 is 0.898 bits per heavy atom. The molecule has 3 aromatic carbocycles. The Balaban J connectivity index is 1.02. The topological polar surface area (TPSA) is 105 Å². The molecule has 0 radical (unpaired) electrons. The highest BCUT2D eigenvalue weighted by molar-refractivity contribution is 6.04. The van der Waals surface area contributed by atoms with Gasteiger partial charge < -0.3 is 24.3 Å². The largest absolute Gasteiger partial charge is 0.461 e. The van der Waals surface area contributed by atoms with Gasteiger partial charge in [0.15, 0.2) is 5.69 Å². The Bertz CT molecular complexity index is 1750. The van der Waals surface area contributed by atoms with Crippen LogP contribution >= 0.6 is 0 Å². The number of carbonyl (C=O) groups excluding carboxylic acids is 3. The number of benzene rings is 3. The van der Waals surface area contributed by atoms with Crippen LogP contribution in [0.2, 0.25) is 0 Å². The molecule has 4 aromatic rings. The summed E-state index contributed by atoms with van der Waals surface area (Å²) in [7, 11) is 1.81. The number of ether oxygens (including phenoxy) is 1. The molecule has 6 rings (SSSR count). The number of piperidine rings is 1. The molecule has 1 saturated heterocycles. The van der Waals surface area contributed by atoms with E-state index in [4.69, 9.17) is 9.15 Å². The molecular weight excluding hydrogens is 637 g/mol. The fourth-order valence-corrected chi connectivity index (χ4v) is 6.64. The number of rotatable bonds is 9. The van der Waals surface area contributed by atoms with E-state index < -0.39 is 29.5 Å². The van der Waals surface area contributed by atoms with Crippen molar-refractivity contribution in [3.05, 3.63) is 102 Å². The Morgan fingerprint density at radius 2 is 1.53 bits per heavy atom. The van der Waals surface area contributed by atoms with Gasteiger partial charge in [0.1, 0.15) is 6.61 Å². The van der Waals surface area contributed by atoms with Crippen LogP contribution in [-0.2, 0) is 27.1 Å². The molecule has 49 heavy (non-hydrogen) atoms. The maximum absolute atomic E-state index is 13.7. The normalized spacial score (nSPS) is 18.2. The molecule has 1 N–H and O–H groups in total. The van der Waals surface area contributed by atoms with E-state index in [0.717, 1.165) is 30.5 Å². The average Bonchev–Trinajstić information content (AvgIpc) is 3.81. The second-order valence-corrected chi connectivity index (χ2v) is 12.5. The zero-order valence-electron chi connectivity index (χ0n) is 27.0. The molecule has 2 atom stereocenters. The lowest BCUT2D eigenvalue weighted by Gasteiger charge is -2.39. The first-order valence-corrected chi connectivity index (χ1v) is 16.4. The molecule has 9 nitrogen and oxygen atoms in total. The summed E-state index contributed by atoms with van der Waals surface area (Å²) in [6, 6.07) is 24.4. The van der Waals surface area contributed by atoms with Crippen molar-refractivity contribution in [1.82, 2.24) is 9.88 Å². The molecule has 256 valence electrons. The second kappa shape index (κ2) is 14.6. The van der Waals surface area contributed by atoms with Crippen molar-refractivity contribution in [2.45, 2.75) is 50.9 Å². The average molecular weight is 675 g/mol. The van der Waals surface area contributed by atoms with Gasteiger partial charge in [-0.3, -0.25) is 14.4 Å². The highest BCUT2D eigenvalue weighted by atomic mass is 19.4. The molecule has 1 aromatic heterocycles. The summed E-state index contributed by atoms with van der Waals surface area (Å²) in [5.41, 5.74) is 1.57. The van der Waals surface area contributed by atoms with Gasteiger partial charge in [-0.25, -0.2) is 4.98 Å². The van der Waals surface area contributed by atoms with Crippen molar-refractivity contribution < 1.29 is 36.7 Å². The number of hydrogen-bond donors (Lipinski definition) is 1. The predicted octanol–water partition coefficient (Wildman–Crippen LogP) is 7.20. The third-order valence-electron chi connectivity index (χ3n) is 9.33. The van der Waals surface area contributed by atoms with Gasteiger partial charge in [0.2, 0.25) is 17.6 Å². The number of nitrogens with one attached hydrogen (secondary N) is 1. The summed E-state index contributed by atoms with van der Waals surface area (Å²) in [4.78, 5) is 47.2. The summed E-state index contributed by atoms with van der Waals surface area (Å²) >= 11 is 0. The first-order chi connectivity index (χ1) is 23.6. The van der Waals surface area contributed by atoms with E-state index in [1.807, 2.05) is 37.4 Å². The highest BCUT2D eigenvalue weighted by Crippen LogP contribution is 2.37. The van der Waals surface area contributed by atoms with Gasteiger partial charge in [-0.15, -0.1) is 0 Å². The van der Waals surface area contributed by atoms with E-state index in [0.29, 0.717) is 37.2 Å². The van der Waals surface area contributed by atoms with Gasteiger partial charge in [0, 0.05) is 43.1 Å². The Hall–Kier alpha value is -5.13. The molecule has 2 amide bonds. The number of carbonyl (C=O) groups is 3. The lowest BCUT2D eigenvalue weighted by Crippen LogP contribution is -2.48. The summed E-state index contributed by atoms with van der Waals surface area (Å²) in [5, 5.41) is 2.50. The number of esters is 1. The third-order valence-corrected chi connectivity index (χ3v) is 9.33. The number of aromatic nitrogens is 1. The number of nitrogens with zero attached hydrogens (tertiary/aromatic N) is 3. The minimum absolute atomic E-state index is 0.0191. The van der Waals surface area contributed by atoms with Crippen LogP contribution in [0.1, 0.15) is 53.9 Å². The van der Waals surface area contributed by atoms with E-state index in [-0.39, 0.29) is 36.3 Å². The van der Waals surface area contributed by atoms with Gasteiger partial charge in [-0.2, -0.15) is 13.2 Å². The van der Waals surface area contributed by atoms with Crippen molar-refractivity contribution in [3.63, 3.8) is 0 Å². The fourth-order valence-electron chi connectivity index (χ4n) is 6.64. The van der Waals surface area contributed by atoms with Gasteiger partial charge in [0.25, 0.3) is 5.91 Å². The predicted molar refractivity (Wildman–Crippen MR) is 176 cm³/mol. The van der Waals surface area contributed by atoms with Crippen LogP contribution in [0.25, 0.3) is 11.5 Å². The minimum atomic E-state index is -4.91. The van der Waals surface area contributed by atoms with Gasteiger partial charge in [-0.05, 0) is 67.6 Å². The lowest BCUT2D eigenvalue weighted by atomic mass is 9.93. The molecule has 12 heteroatoms. The molecule has 2 fully saturated rings. The lowest BCUT2D eigenvalue weighted by molar-refractivity contribution is -0.155. The van der Waals surface area contributed by atoms with E-state index in [2.05, 4.69) is 15.2 Å². The molecule has 1 aliphatic carbocycles. The smallest absolute Gasteiger partial charge is 0.452 e. The Labute approximate surface area is 282 Å². The van der Waals surface area contributed by atoms with E-state index >= 15 is 0 Å². The van der Waals surface area contributed by atoms with Crippen LogP contribution < -0.4 is 10.2 Å². The van der Waals surface area contributed by atoms with Crippen LogP contribution in [0.5, 0.6) is 0 Å². The van der Waals surface area contributed by atoms with Crippen LogP contribution in [0.3, 0.4) is 0 Å². The van der Waals surface area contributed by atoms with Crippen LogP contribution in [0.4, 0.5) is 24.5 Å². The van der Waals surface area contributed by atoms with E-state index in [9.17, 15) is 27.6 Å². The molecule has 0 bridgehead atoms. The van der Waals surface area contributed by atoms with E-state index in [1.54, 1.807) is 59.5 Å². The molecule has 2 aliphatic rings. The summed E-state index contributed by atoms with van der Waals surface area (Å²) in [6.07, 6.45) is -1.34. The number of oxazole rings is 1. The maximum atomic E-state index is 13.7. The van der Waals surface area contributed by atoms with Gasteiger partial charge >= 0.3 is 12.1 Å². The summed E-state index contributed by atoms with van der Waals surface area (Å²) < 4.78 is 51.7. The first-order valence-electron chi connectivity index (χ1n) is 16.4. The number of amides is 2. The monoisotopic (exact) mass is 674 g/mol. The number of alkyl halides is 3. The maximum Gasteiger partial charge on any atom is 0.452 e. The molecule has 2 heterocycles. The fraction of sp³-hybridized carbons (Fsp3) is 0.351. The van der Waals surface area contributed by atoms with Gasteiger partial charge in [-0.1, -0.05) is 55.0 Å². The molecule has 1 aliphatic heterocycles. The number of halogens is 3. The van der Waals surface area contributed by atoms with Crippen molar-refractivity contribution in [2.75, 3.05) is 30.4 Å². The van der Waals surface area contributed by atoms with Gasteiger partial charge in [0.05, 0.1) is 11.8 Å². The van der Waals surface area contributed by atoms with Crippen molar-refractivity contribution >= 4 is 29.2 Å². The highest BCUT2D eigenvalue weighted by Gasteiger charge is 2.43. The Kier molecular flexibility index (Phi) is 10.0. The van der Waals surface area contributed by atoms with Crippen molar-refractivity contribution in [3.8, 4) is 11.5 Å². The Morgan fingerprint density at radius 3 is 2.18 bits per heavy atom. The van der Waals surface area contributed by atoms with Crippen LogP contribution in [0, 0.1) is 11.8 Å². The quantitative estimate of drug-likeness (QED) is 0.187.